The van der Waals surface area contributed by atoms with Gasteiger partial charge in [0.15, 0.2) is 0 Å². The normalized spacial score (nSPS) is 15.0. The van der Waals surface area contributed by atoms with Crippen LogP contribution in [0.25, 0.3) is 0 Å². The number of unbranched alkanes of at least 4 members (excludes halogenated alkanes) is 24. The minimum atomic E-state index is -2.89. The standard InChI is InChI=1S/C38H76O2.O.Ti/c1-36(2)31-27-23-19-15-11-7-5-9-13-17-21-25-29-33-38(40,35-39)34-30-26-22-18-14-10-6-8-12-16-20-24-28-32-37(3)4;;/h36-37H,5-35H2,1-4H3;;/q-2;;+2. The third-order valence-electron chi connectivity index (χ3n) is 9.58. The van der Waals surface area contributed by atoms with Gasteiger partial charge in [-0.15, -0.1) is 0 Å². The molecule has 1 fully saturated rings. The molecule has 0 amide bonds. The molecule has 3 nitrogen and oxygen atoms in total. The summed E-state index contributed by atoms with van der Waals surface area (Å²) in [5.74, 6) is 1.74. The molecule has 0 aliphatic carbocycles. The average Bonchev–Trinajstić information content (AvgIpc) is 3.33. The summed E-state index contributed by atoms with van der Waals surface area (Å²) in [6.45, 7) is 9.93. The average molecular weight is 629 g/mol. The first kappa shape index (κ1) is 40.5. The summed E-state index contributed by atoms with van der Waals surface area (Å²) in [5, 5.41) is 0. The topological polar surface area (TPSA) is 35.5 Å². The van der Waals surface area contributed by atoms with E-state index in [1.165, 1.54) is 180 Å². The zero-order chi connectivity index (χ0) is 30.6. The van der Waals surface area contributed by atoms with Gasteiger partial charge in [-0.25, -0.2) is 0 Å². The van der Waals surface area contributed by atoms with Crippen LogP contribution in [0.2, 0.25) is 0 Å². The second-order valence-corrected chi connectivity index (χ2v) is 16.4. The Morgan fingerprint density at radius 3 is 0.952 bits per heavy atom. The molecule has 0 radical (unpaired) electrons. The van der Waals surface area contributed by atoms with Crippen molar-refractivity contribution >= 4 is 0 Å². The summed E-state index contributed by atoms with van der Waals surface area (Å²) in [7, 11) is 0. The van der Waals surface area contributed by atoms with Gasteiger partial charge in [0, 0.05) is 0 Å². The molecule has 0 unspecified atom stereocenters. The maximum atomic E-state index is 12.0. The minimum absolute atomic E-state index is 0.222. The van der Waals surface area contributed by atoms with Crippen LogP contribution in [0.15, 0.2) is 0 Å². The van der Waals surface area contributed by atoms with Gasteiger partial charge in [-0.1, -0.05) is 91.9 Å². The van der Waals surface area contributed by atoms with Crippen molar-refractivity contribution in [1.29, 1.82) is 0 Å². The van der Waals surface area contributed by atoms with Gasteiger partial charge in [-0.05, 0) is 11.8 Å². The molecule has 1 heterocycles. The van der Waals surface area contributed by atoms with Crippen LogP contribution in [-0.4, -0.2) is 12.2 Å². The van der Waals surface area contributed by atoms with E-state index in [9.17, 15) is 3.32 Å². The molecule has 42 heavy (non-hydrogen) atoms. The molecule has 1 saturated heterocycles. The summed E-state index contributed by atoms with van der Waals surface area (Å²) >= 11 is -2.89. The Hall–Kier alpha value is 0.434. The van der Waals surface area contributed by atoms with E-state index in [-0.39, 0.29) is 5.60 Å². The van der Waals surface area contributed by atoms with Crippen LogP contribution in [0.4, 0.5) is 0 Å². The first-order valence-electron chi connectivity index (χ1n) is 19.3. The van der Waals surface area contributed by atoms with Crippen molar-refractivity contribution in [2.45, 2.75) is 226 Å². The Balaban J connectivity index is 1.92. The van der Waals surface area contributed by atoms with Crippen molar-refractivity contribution in [1.82, 2.24) is 0 Å². The zero-order valence-corrected chi connectivity index (χ0v) is 30.9. The van der Waals surface area contributed by atoms with Crippen LogP contribution >= 0.6 is 0 Å². The molecule has 0 spiro atoms. The second-order valence-electron chi connectivity index (χ2n) is 14.9. The van der Waals surface area contributed by atoms with E-state index in [1.54, 1.807) is 0 Å². The fourth-order valence-electron chi connectivity index (χ4n) is 6.69. The van der Waals surface area contributed by atoms with Crippen LogP contribution in [0, 0.1) is 11.8 Å². The molecule has 4 heteroatoms. The predicted octanol–water partition coefficient (Wildman–Crippen LogP) is 13.6. The van der Waals surface area contributed by atoms with E-state index in [0.717, 1.165) is 24.7 Å². The molecule has 0 saturated carbocycles. The van der Waals surface area contributed by atoms with E-state index >= 15 is 0 Å². The van der Waals surface area contributed by atoms with E-state index in [0.29, 0.717) is 6.61 Å². The first-order chi connectivity index (χ1) is 20.4. The molecular weight excluding hydrogens is 552 g/mol. The molecule has 0 aromatic rings. The third-order valence-corrected chi connectivity index (χ3v) is 11.1. The van der Waals surface area contributed by atoms with E-state index in [2.05, 4.69) is 27.7 Å². The molecule has 250 valence electrons. The van der Waals surface area contributed by atoms with Crippen molar-refractivity contribution in [2.75, 3.05) is 6.61 Å². The summed E-state index contributed by atoms with van der Waals surface area (Å²) in [5.41, 5.74) is -0.222. The van der Waals surface area contributed by atoms with Crippen molar-refractivity contribution < 1.29 is 28.6 Å². The van der Waals surface area contributed by atoms with Crippen LogP contribution in [0.5, 0.6) is 0 Å². The Kier molecular flexibility index (Phi) is 27.8. The number of rotatable bonds is 32. The summed E-state index contributed by atoms with van der Waals surface area (Å²) in [6.07, 6.45) is 41.0. The number of hydrogen-bond donors (Lipinski definition) is 0. The third kappa shape index (κ3) is 25.7. The first-order valence-corrected chi connectivity index (χ1v) is 21.2. The van der Waals surface area contributed by atoms with Gasteiger partial charge in [0.05, 0.1) is 0 Å². The summed E-state index contributed by atoms with van der Waals surface area (Å²) < 4.78 is 23.5. The Labute approximate surface area is 271 Å². The van der Waals surface area contributed by atoms with E-state index < -0.39 is 18.6 Å². The predicted molar refractivity (Wildman–Crippen MR) is 179 cm³/mol. The Morgan fingerprint density at radius 2 is 0.714 bits per heavy atom. The molecule has 0 atom stereocenters. The van der Waals surface area contributed by atoms with Crippen molar-refractivity contribution in [3.05, 3.63) is 0 Å². The second kappa shape index (κ2) is 28.9. The molecule has 1 aliphatic rings. The van der Waals surface area contributed by atoms with Crippen molar-refractivity contribution in [3.8, 4) is 0 Å². The van der Waals surface area contributed by atoms with Crippen LogP contribution in [-0.2, 0) is 28.6 Å². The van der Waals surface area contributed by atoms with Gasteiger partial charge in [0.1, 0.15) is 0 Å². The van der Waals surface area contributed by atoms with Crippen molar-refractivity contribution in [2.24, 2.45) is 11.8 Å². The van der Waals surface area contributed by atoms with Gasteiger partial charge in [0.2, 0.25) is 0 Å². The maximum absolute atomic E-state index is 12.0. The molecule has 0 bridgehead atoms. The fraction of sp³-hybridized carbons (Fsp3) is 1.00. The molecule has 0 aromatic heterocycles. The monoisotopic (exact) mass is 629 g/mol. The zero-order valence-electron chi connectivity index (χ0n) is 29.3. The number of hydrogen-bond acceptors (Lipinski definition) is 3. The van der Waals surface area contributed by atoms with Gasteiger partial charge in [-0.3, -0.25) is 0 Å². The van der Waals surface area contributed by atoms with Crippen LogP contribution in [0.1, 0.15) is 220 Å². The van der Waals surface area contributed by atoms with Crippen molar-refractivity contribution in [3.63, 3.8) is 0 Å². The summed E-state index contributed by atoms with van der Waals surface area (Å²) in [6, 6.07) is 0. The van der Waals surface area contributed by atoms with Gasteiger partial charge in [0.25, 0.3) is 0 Å². The quantitative estimate of drug-likeness (QED) is 0.0549. The van der Waals surface area contributed by atoms with Crippen LogP contribution < -0.4 is 0 Å². The van der Waals surface area contributed by atoms with Crippen LogP contribution in [0.3, 0.4) is 0 Å². The SMILES string of the molecule is CC(C)CCCCCCCCCCCCCCCC1(CCCCCCCCCCCCCCCC(C)C)C[O][Ti](=[O])[O]1. The Morgan fingerprint density at radius 1 is 0.452 bits per heavy atom. The van der Waals surface area contributed by atoms with Gasteiger partial charge in [-0.2, -0.15) is 0 Å². The molecule has 1 rings (SSSR count). The van der Waals surface area contributed by atoms with Gasteiger partial charge >= 0.3 is 169 Å². The molecule has 1 aliphatic heterocycles. The molecule has 0 N–H and O–H groups in total. The molecular formula is C38H76O3Ti. The summed E-state index contributed by atoms with van der Waals surface area (Å²) in [4.78, 5) is 0. The van der Waals surface area contributed by atoms with E-state index in [1.807, 2.05) is 0 Å². The fourth-order valence-corrected chi connectivity index (χ4v) is 8.34. The van der Waals surface area contributed by atoms with E-state index in [4.69, 9.17) is 6.64 Å². The molecule has 0 aromatic carbocycles. The van der Waals surface area contributed by atoms with Gasteiger partial charge < -0.3 is 0 Å². The Bertz CT molecular complexity index is 553.